The van der Waals surface area contributed by atoms with Gasteiger partial charge in [0.05, 0.1) is 11.2 Å². The van der Waals surface area contributed by atoms with Gasteiger partial charge >= 0.3 is 0 Å². The molecule has 8 heteroatoms. The zero-order valence-electron chi connectivity index (χ0n) is 26.4. The van der Waals surface area contributed by atoms with Gasteiger partial charge < -0.3 is 26.0 Å². The highest BCUT2D eigenvalue weighted by Gasteiger charge is 2.12. The molecule has 4 heterocycles. The number of aromatic nitrogens is 2. The first-order chi connectivity index (χ1) is 20.5. The molecule has 2 saturated heterocycles. The molecular formula is C34H54N6O2. The maximum absolute atomic E-state index is 8.36. The lowest BCUT2D eigenvalue weighted by Crippen LogP contribution is -2.37. The molecule has 2 aliphatic rings. The van der Waals surface area contributed by atoms with Crippen LogP contribution in [0.4, 0.5) is 5.69 Å². The van der Waals surface area contributed by atoms with Gasteiger partial charge in [-0.3, -0.25) is 9.78 Å². The van der Waals surface area contributed by atoms with Crippen LogP contribution in [0.25, 0.3) is 22.2 Å². The van der Waals surface area contributed by atoms with E-state index in [-0.39, 0.29) is 6.47 Å². The number of piperidine rings is 2. The van der Waals surface area contributed by atoms with E-state index in [9.17, 15) is 0 Å². The van der Waals surface area contributed by atoms with Crippen LogP contribution < -0.4 is 11.1 Å². The van der Waals surface area contributed by atoms with Crippen molar-refractivity contribution >= 4 is 23.1 Å². The Kier molecular flexibility index (Phi) is 17.4. The number of carbonyl (C=O) groups is 1. The first-order valence-electron chi connectivity index (χ1n) is 15.9. The van der Waals surface area contributed by atoms with Gasteiger partial charge in [0.25, 0.3) is 6.47 Å². The van der Waals surface area contributed by atoms with Crippen molar-refractivity contribution in [3.63, 3.8) is 0 Å². The largest absolute Gasteiger partial charge is 0.483 e. The zero-order chi connectivity index (χ0) is 30.6. The highest BCUT2D eigenvalue weighted by molar-refractivity contribution is 5.93. The fraction of sp³-hybridized carbons (Fsp3) is 0.559. The molecule has 0 unspecified atom stereocenters. The summed E-state index contributed by atoms with van der Waals surface area (Å²) >= 11 is 0. The SMILES string of the molecule is CC.CCCc1ccc(-c2cc(NCCCN3CCCCC3)c3cnccc3n2)cc1.CN1CCC(N)CC1.O=CO. The number of hydrogen-bond acceptors (Lipinski definition) is 7. The van der Waals surface area contributed by atoms with E-state index in [1.54, 1.807) is 0 Å². The minimum Gasteiger partial charge on any atom is -0.483 e. The zero-order valence-corrected chi connectivity index (χ0v) is 26.4. The van der Waals surface area contributed by atoms with Crippen molar-refractivity contribution in [1.82, 2.24) is 19.8 Å². The molecule has 2 aromatic heterocycles. The molecule has 0 atom stereocenters. The average Bonchev–Trinajstić information content (AvgIpc) is 3.03. The molecule has 8 nitrogen and oxygen atoms in total. The Morgan fingerprint density at radius 2 is 1.71 bits per heavy atom. The summed E-state index contributed by atoms with van der Waals surface area (Å²) in [6.45, 7) is 13.0. The van der Waals surface area contributed by atoms with E-state index in [1.165, 1.54) is 82.4 Å². The van der Waals surface area contributed by atoms with E-state index < -0.39 is 0 Å². The number of pyridine rings is 2. The summed E-state index contributed by atoms with van der Waals surface area (Å²) in [6, 6.07) is 13.5. The lowest BCUT2D eigenvalue weighted by molar-refractivity contribution is -0.122. The Morgan fingerprint density at radius 1 is 1.05 bits per heavy atom. The lowest BCUT2D eigenvalue weighted by atomic mass is 10.0. The Hall–Kier alpha value is -3.07. The third-order valence-corrected chi connectivity index (χ3v) is 7.58. The van der Waals surface area contributed by atoms with Crippen molar-refractivity contribution in [2.24, 2.45) is 5.73 Å². The molecule has 4 N–H and O–H groups in total. The number of carboxylic acid groups (broad SMARTS) is 1. The summed E-state index contributed by atoms with van der Waals surface area (Å²) in [6.07, 6.45) is 13.7. The first kappa shape index (κ1) is 35.1. The number of benzene rings is 1. The number of hydrogen-bond donors (Lipinski definition) is 3. The number of rotatable bonds is 8. The second kappa shape index (κ2) is 20.8. The standard InChI is InChI=1S/C25H32N4.C6H14N2.C2H6.CH2O2/c1-2-7-20-8-10-21(11-9-20)24-18-25(22-19-26-14-12-23(22)28-24)27-13-6-17-29-15-4-3-5-16-29;1-8-4-2-6(7)3-5-8;1-2;2-1-3/h8-12,14,18-19H,2-7,13,15-17H2,1H3,(H,27,28);6H,2-5,7H2,1H3;1-2H3;1H,(H,2,3). The fourth-order valence-corrected chi connectivity index (χ4v) is 5.23. The Morgan fingerprint density at radius 3 is 2.33 bits per heavy atom. The number of nitrogens with one attached hydrogen (secondary N) is 1. The fourth-order valence-electron chi connectivity index (χ4n) is 5.23. The van der Waals surface area contributed by atoms with Crippen LogP contribution >= 0.6 is 0 Å². The van der Waals surface area contributed by atoms with E-state index in [1.807, 2.05) is 32.3 Å². The van der Waals surface area contributed by atoms with E-state index >= 15 is 0 Å². The summed E-state index contributed by atoms with van der Waals surface area (Å²) in [5.41, 5.74) is 11.4. The van der Waals surface area contributed by atoms with E-state index in [0.29, 0.717) is 6.04 Å². The van der Waals surface area contributed by atoms with Gasteiger partial charge in [0, 0.05) is 41.6 Å². The van der Waals surface area contributed by atoms with Crippen LogP contribution in [0.3, 0.4) is 0 Å². The molecule has 2 aliphatic heterocycles. The van der Waals surface area contributed by atoms with Crippen LogP contribution in [0.15, 0.2) is 48.8 Å². The lowest BCUT2D eigenvalue weighted by Gasteiger charge is -2.26. The van der Waals surface area contributed by atoms with E-state index in [2.05, 4.69) is 64.4 Å². The van der Waals surface area contributed by atoms with Gasteiger partial charge in [-0.2, -0.15) is 0 Å². The molecule has 232 valence electrons. The van der Waals surface area contributed by atoms with Crippen LogP contribution in [0.1, 0.15) is 71.3 Å². The number of likely N-dealkylation sites (tertiary alicyclic amines) is 2. The smallest absolute Gasteiger partial charge is 0.290 e. The van der Waals surface area contributed by atoms with Crippen molar-refractivity contribution in [1.29, 1.82) is 0 Å². The maximum atomic E-state index is 8.36. The summed E-state index contributed by atoms with van der Waals surface area (Å²) in [7, 11) is 2.14. The molecule has 0 bridgehead atoms. The summed E-state index contributed by atoms with van der Waals surface area (Å²) in [5.74, 6) is 0. The number of fused-ring (bicyclic) bond motifs is 1. The van der Waals surface area contributed by atoms with Gasteiger partial charge in [-0.25, -0.2) is 4.98 Å². The molecule has 3 aromatic rings. The normalized spacial score (nSPS) is 15.7. The highest BCUT2D eigenvalue weighted by atomic mass is 16.3. The predicted molar refractivity (Wildman–Crippen MR) is 177 cm³/mol. The highest BCUT2D eigenvalue weighted by Crippen LogP contribution is 2.28. The van der Waals surface area contributed by atoms with Crippen LogP contribution in [0.5, 0.6) is 0 Å². The third kappa shape index (κ3) is 12.4. The van der Waals surface area contributed by atoms with Crippen LogP contribution in [0, 0.1) is 0 Å². The van der Waals surface area contributed by atoms with Crippen molar-refractivity contribution in [2.75, 3.05) is 51.6 Å². The van der Waals surface area contributed by atoms with Crippen molar-refractivity contribution in [3.8, 4) is 11.3 Å². The first-order valence-corrected chi connectivity index (χ1v) is 15.9. The molecule has 1 aromatic carbocycles. The Balaban J connectivity index is 0.000000397. The molecule has 5 rings (SSSR count). The van der Waals surface area contributed by atoms with Gasteiger partial charge in [0.2, 0.25) is 0 Å². The molecule has 42 heavy (non-hydrogen) atoms. The number of anilines is 1. The minimum absolute atomic E-state index is 0.250. The molecule has 0 saturated carbocycles. The third-order valence-electron chi connectivity index (χ3n) is 7.58. The van der Waals surface area contributed by atoms with E-state index in [0.717, 1.165) is 41.7 Å². The quantitative estimate of drug-likeness (QED) is 0.211. The predicted octanol–water partition coefficient (Wildman–Crippen LogP) is 6.30. The Bertz CT molecular complexity index is 1120. The van der Waals surface area contributed by atoms with Crippen LogP contribution in [-0.2, 0) is 11.2 Å². The Labute approximate surface area is 253 Å². The van der Waals surface area contributed by atoms with Crippen molar-refractivity contribution in [3.05, 3.63) is 54.4 Å². The average molecular weight is 579 g/mol. The second-order valence-electron chi connectivity index (χ2n) is 10.8. The van der Waals surface area contributed by atoms with Gasteiger partial charge in [-0.05, 0) is 96.0 Å². The van der Waals surface area contributed by atoms with Crippen molar-refractivity contribution in [2.45, 2.75) is 78.2 Å². The van der Waals surface area contributed by atoms with E-state index in [4.69, 9.17) is 20.6 Å². The molecule has 0 aliphatic carbocycles. The molecule has 0 spiro atoms. The number of aryl methyl sites for hydroxylation is 1. The van der Waals surface area contributed by atoms with Gasteiger partial charge in [0.15, 0.2) is 0 Å². The van der Waals surface area contributed by atoms with Crippen LogP contribution in [0.2, 0.25) is 0 Å². The summed E-state index contributed by atoms with van der Waals surface area (Å²) in [5, 5.41) is 11.6. The second-order valence-corrected chi connectivity index (χ2v) is 10.8. The minimum atomic E-state index is -0.250. The molecule has 2 fully saturated rings. The summed E-state index contributed by atoms with van der Waals surface area (Å²) < 4.78 is 0. The maximum Gasteiger partial charge on any atom is 0.290 e. The van der Waals surface area contributed by atoms with Crippen molar-refractivity contribution < 1.29 is 9.90 Å². The van der Waals surface area contributed by atoms with Crippen LogP contribution in [-0.4, -0.2) is 83.7 Å². The molecular weight excluding hydrogens is 524 g/mol. The number of nitrogens with two attached hydrogens (primary N) is 1. The topological polar surface area (TPSA) is 108 Å². The monoisotopic (exact) mass is 578 g/mol. The van der Waals surface area contributed by atoms with Gasteiger partial charge in [-0.15, -0.1) is 0 Å². The summed E-state index contributed by atoms with van der Waals surface area (Å²) in [4.78, 5) is 22.5. The number of nitrogens with zero attached hydrogens (tertiary/aromatic N) is 4. The molecule has 0 amide bonds. The van der Waals surface area contributed by atoms with Gasteiger partial charge in [-0.1, -0.05) is 57.9 Å². The molecule has 0 radical (unpaired) electrons. The van der Waals surface area contributed by atoms with Gasteiger partial charge in [0.1, 0.15) is 0 Å².